The molecule has 6 heteroatoms. The zero-order chi connectivity index (χ0) is 17.5. The molecule has 0 aliphatic carbocycles. The van der Waals surface area contributed by atoms with E-state index in [4.69, 9.17) is 4.74 Å². The van der Waals surface area contributed by atoms with Crippen LogP contribution in [0.1, 0.15) is 29.4 Å². The number of morpholine rings is 1. The van der Waals surface area contributed by atoms with Crippen molar-refractivity contribution >= 4 is 11.7 Å². The molecule has 3 rings (SSSR count). The fourth-order valence-corrected chi connectivity index (χ4v) is 2.81. The highest BCUT2D eigenvalue weighted by Crippen LogP contribution is 2.12. The molecular weight excluding hydrogens is 316 g/mol. The van der Waals surface area contributed by atoms with Crippen molar-refractivity contribution in [2.45, 2.75) is 25.8 Å². The van der Waals surface area contributed by atoms with Gasteiger partial charge in [0.15, 0.2) is 11.5 Å². The lowest BCUT2D eigenvalue weighted by atomic mass is 10.1. The first-order chi connectivity index (χ1) is 12.2. The van der Waals surface area contributed by atoms with Crippen LogP contribution in [-0.4, -0.2) is 48.4 Å². The van der Waals surface area contributed by atoms with Gasteiger partial charge in [-0.25, -0.2) is 0 Å². The van der Waals surface area contributed by atoms with Crippen molar-refractivity contribution in [1.29, 1.82) is 0 Å². The molecule has 2 aromatic rings. The summed E-state index contributed by atoms with van der Waals surface area (Å²) in [6.45, 7) is 5.01. The number of aryl methyl sites for hydroxylation is 1. The lowest BCUT2D eigenvalue weighted by molar-refractivity contribution is 0.0932. The fraction of sp³-hybridized carbons (Fsp3) is 0.421. The number of rotatable bonds is 6. The van der Waals surface area contributed by atoms with Crippen LogP contribution in [0.2, 0.25) is 0 Å². The van der Waals surface area contributed by atoms with E-state index < -0.39 is 0 Å². The first-order valence-electron chi connectivity index (χ1n) is 8.73. The molecule has 1 unspecified atom stereocenters. The van der Waals surface area contributed by atoms with Gasteiger partial charge in [0.1, 0.15) is 0 Å². The van der Waals surface area contributed by atoms with Crippen LogP contribution in [0.3, 0.4) is 0 Å². The van der Waals surface area contributed by atoms with E-state index in [1.807, 2.05) is 31.2 Å². The highest BCUT2D eigenvalue weighted by molar-refractivity contribution is 5.92. The zero-order valence-corrected chi connectivity index (χ0v) is 14.5. The van der Waals surface area contributed by atoms with Crippen LogP contribution >= 0.6 is 0 Å². The highest BCUT2D eigenvalue weighted by Gasteiger charge is 2.15. The summed E-state index contributed by atoms with van der Waals surface area (Å²) in [7, 11) is 0. The van der Waals surface area contributed by atoms with Gasteiger partial charge < -0.3 is 15.0 Å². The Kier molecular flexibility index (Phi) is 5.95. The largest absolute Gasteiger partial charge is 0.378 e. The number of nitrogens with zero attached hydrogens (tertiary/aromatic N) is 3. The van der Waals surface area contributed by atoms with E-state index in [1.165, 1.54) is 5.56 Å². The van der Waals surface area contributed by atoms with Gasteiger partial charge in [-0.1, -0.05) is 30.3 Å². The molecule has 2 heterocycles. The molecule has 1 aromatic heterocycles. The minimum atomic E-state index is -0.179. The third kappa shape index (κ3) is 5.00. The number of ether oxygens (including phenoxy) is 1. The smallest absolute Gasteiger partial charge is 0.272 e. The monoisotopic (exact) mass is 340 g/mol. The van der Waals surface area contributed by atoms with Gasteiger partial charge in [-0.05, 0) is 37.5 Å². The lowest BCUT2D eigenvalue weighted by Gasteiger charge is -2.27. The van der Waals surface area contributed by atoms with E-state index in [0.717, 1.165) is 31.7 Å². The number of aromatic nitrogens is 2. The summed E-state index contributed by atoms with van der Waals surface area (Å²) in [4.78, 5) is 14.4. The number of hydrogen-bond donors (Lipinski definition) is 1. The zero-order valence-electron chi connectivity index (χ0n) is 14.5. The van der Waals surface area contributed by atoms with E-state index in [0.29, 0.717) is 18.9 Å². The van der Waals surface area contributed by atoms with Gasteiger partial charge in [-0.2, -0.15) is 0 Å². The molecule has 0 saturated carbocycles. The highest BCUT2D eigenvalue weighted by atomic mass is 16.5. The Labute approximate surface area is 148 Å². The summed E-state index contributed by atoms with van der Waals surface area (Å²) in [5, 5.41) is 11.3. The summed E-state index contributed by atoms with van der Waals surface area (Å²) in [5.74, 6) is 0.610. The predicted molar refractivity (Wildman–Crippen MR) is 96.8 cm³/mol. The van der Waals surface area contributed by atoms with E-state index in [9.17, 15) is 4.79 Å². The molecule has 1 saturated heterocycles. The Balaban J connectivity index is 1.50. The van der Waals surface area contributed by atoms with Crippen LogP contribution in [0.25, 0.3) is 0 Å². The van der Waals surface area contributed by atoms with E-state index in [-0.39, 0.29) is 11.9 Å². The molecule has 132 valence electrons. The third-order valence-electron chi connectivity index (χ3n) is 4.30. The Morgan fingerprint density at radius 3 is 2.60 bits per heavy atom. The molecule has 0 radical (unpaired) electrons. The molecule has 1 N–H and O–H groups in total. The average molecular weight is 340 g/mol. The van der Waals surface area contributed by atoms with Gasteiger partial charge >= 0.3 is 0 Å². The van der Waals surface area contributed by atoms with Crippen LogP contribution in [0.15, 0.2) is 42.5 Å². The van der Waals surface area contributed by atoms with Crippen LogP contribution in [-0.2, 0) is 11.2 Å². The molecular formula is C19H24N4O2. The SMILES string of the molecule is CC(CCc1ccccc1)NC(=O)c1ccc(N2CCOCC2)nn1. The first kappa shape index (κ1) is 17.4. The number of benzene rings is 1. The molecule has 6 nitrogen and oxygen atoms in total. The van der Waals surface area contributed by atoms with Crippen LogP contribution in [0, 0.1) is 0 Å². The maximum absolute atomic E-state index is 12.3. The third-order valence-corrected chi connectivity index (χ3v) is 4.30. The quantitative estimate of drug-likeness (QED) is 0.872. The number of nitrogens with one attached hydrogen (secondary N) is 1. The molecule has 0 spiro atoms. The van der Waals surface area contributed by atoms with Crippen molar-refractivity contribution < 1.29 is 9.53 Å². The molecule has 1 atom stereocenters. The van der Waals surface area contributed by atoms with E-state index in [1.54, 1.807) is 6.07 Å². The van der Waals surface area contributed by atoms with Crippen LogP contribution < -0.4 is 10.2 Å². The van der Waals surface area contributed by atoms with E-state index in [2.05, 4.69) is 32.5 Å². The van der Waals surface area contributed by atoms with Crippen LogP contribution in [0.5, 0.6) is 0 Å². The maximum Gasteiger partial charge on any atom is 0.272 e. The summed E-state index contributed by atoms with van der Waals surface area (Å²) in [6.07, 6.45) is 1.82. The first-order valence-corrected chi connectivity index (χ1v) is 8.73. The Hall–Kier alpha value is -2.47. The van der Waals surface area contributed by atoms with Crippen molar-refractivity contribution in [1.82, 2.24) is 15.5 Å². The second kappa shape index (κ2) is 8.58. The summed E-state index contributed by atoms with van der Waals surface area (Å²) in [6, 6.07) is 13.9. The maximum atomic E-state index is 12.3. The number of carbonyl (C=O) groups excluding carboxylic acids is 1. The van der Waals surface area contributed by atoms with Crippen molar-refractivity contribution in [3.63, 3.8) is 0 Å². The molecule has 25 heavy (non-hydrogen) atoms. The second-order valence-electron chi connectivity index (χ2n) is 6.27. The Morgan fingerprint density at radius 1 is 1.16 bits per heavy atom. The number of anilines is 1. The molecule has 0 bridgehead atoms. The molecule has 1 fully saturated rings. The minimum Gasteiger partial charge on any atom is -0.378 e. The Morgan fingerprint density at radius 2 is 1.92 bits per heavy atom. The van der Waals surface area contributed by atoms with E-state index >= 15 is 0 Å². The Bertz CT molecular complexity index is 670. The molecule has 1 aliphatic heterocycles. The van der Waals surface area contributed by atoms with Gasteiger partial charge in [-0.3, -0.25) is 4.79 Å². The molecule has 1 aliphatic rings. The summed E-state index contributed by atoms with van der Waals surface area (Å²) in [5.41, 5.74) is 1.63. The fourth-order valence-electron chi connectivity index (χ4n) is 2.81. The average Bonchev–Trinajstić information content (AvgIpc) is 2.68. The van der Waals surface area contributed by atoms with Crippen molar-refractivity contribution in [3.05, 3.63) is 53.7 Å². The molecule has 1 amide bonds. The number of carbonyl (C=O) groups is 1. The van der Waals surface area contributed by atoms with Gasteiger partial charge in [-0.15, -0.1) is 10.2 Å². The normalized spacial score (nSPS) is 15.6. The van der Waals surface area contributed by atoms with Gasteiger partial charge in [0.2, 0.25) is 0 Å². The van der Waals surface area contributed by atoms with Crippen molar-refractivity contribution in [2.75, 3.05) is 31.2 Å². The molecule has 1 aromatic carbocycles. The lowest BCUT2D eigenvalue weighted by Crippen LogP contribution is -2.37. The minimum absolute atomic E-state index is 0.0772. The number of hydrogen-bond acceptors (Lipinski definition) is 5. The van der Waals surface area contributed by atoms with Gasteiger partial charge in [0.05, 0.1) is 13.2 Å². The van der Waals surface area contributed by atoms with Crippen LogP contribution in [0.4, 0.5) is 5.82 Å². The van der Waals surface area contributed by atoms with Gasteiger partial charge in [0.25, 0.3) is 5.91 Å². The van der Waals surface area contributed by atoms with Gasteiger partial charge in [0, 0.05) is 19.1 Å². The number of amides is 1. The van der Waals surface area contributed by atoms with Crippen molar-refractivity contribution in [2.24, 2.45) is 0 Å². The predicted octanol–water partition coefficient (Wildman–Crippen LogP) is 2.06. The van der Waals surface area contributed by atoms with Crippen molar-refractivity contribution in [3.8, 4) is 0 Å². The second-order valence-corrected chi connectivity index (χ2v) is 6.27. The topological polar surface area (TPSA) is 67.4 Å². The standard InChI is InChI=1S/C19H24N4O2/c1-15(7-8-16-5-3-2-4-6-16)20-19(24)17-9-10-18(22-21-17)23-11-13-25-14-12-23/h2-6,9-10,15H,7-8,11-14H2,1H3,(H,20,24). The summed E-state index contributed by atoms with van der Waals surface area (Å²) < 4.78 is 5.33. The summed E-state index contributed by atoms with van der Waals surface area (Å²) >= 11 is 0.